The summed E-state index contributed by atoms with van der Waals surface area (Å²) in [5.74, 6) is 0.397. The molecule has 0 radical (unpaired) electrons. The van der Waals surface area contributed by atoms with Gasteiger partial charge in [-0.25, -0.2) is 9.67 Å². The van der Waals surface area contributed by atoms with Crippen molar-refractivity contribution in [2.45, 2.75) is 48.0 Å². The topological polar surface area (TPSA) is 59.8 Å². The normalized spacial score (nSPS) is 11.5. The molecule has 0 spiro atoms. The summed E-state index contributed by atoms with van der Waals surface area (Å²) in [4.78, 5) is 17.0. The number of fused-ring (bicyclic) bond motifs is 1. The van der Waals surface area contributed by atoms with E-state index in [1.807, 2.05) is 58.4 Å². The summed E-state index contributed by atoms with van der Waals surface area (Å²) in [6.45, 7) is 12.2. The van der Waals surface area contributed by atoms with E-state index in [2.05, 4.69) is 10.4 Å². The van der Waals surface area contributed by atoms with Crippen molar-refractivity contribution in [2.24, 2.45) is 5.92 Å². The summed E-state index contributed by atoms with van der Waals surface area (Å²) < 4.78 is 2.97. The van der Waals surface area contributed by atoms with E-state index in [9.17, 15) is 4.79 Å². The highest BCUT2D eigenvalue weighted by atomic mass is 32.1. The van der Waals surface area contributed by atoms with Gasteiger partial charge < -0.3 is 5.32 Å². The second-order valence-electron chi connectivity index (χ2n) is 7.02. The molecule has 2 aromatic heterocycles. The molecule has 1 amide bonds. The first-order valence-electron chi connectivity index (χ1n) is 8.50. The molecule has 0 saturated carbocycles. The van der Waals surface area contributed by atoms with Gasteiger partial charge in [0.25, 0.3) is 0 Å². The fourth-order valence-corrected chi connectivity index (χ4v) is 4.10. The number of amides is 1. The number of thiazole rings is 1. The van der Waals surface area contributed by atoms with E-state index < -0.39 is 0 Å². The number of hydrogen-bond donors (Lipinski definition) is 1. The van der Waals surface area contributed by atoms with Crippen molar-refractivity contribution in [1.29, 1.82) is 0 Å². The van der Waals surface area contributed by atoms with Crippen molar-refractivity contribution < 1.29 is 4.79 Å². The van der Waals surface area contributed by atoms with Crippen LogP contribution in [0.3, 0.4) is 0 Å². The standard InChI is InChI=1S/C19H24N4OS/c1-10(2)7-16(24)21-17-11(3)8-15-18(14(17)6)25-19(20-15)23-13(5)9-12(4)22-23/h8-10H,7H2,1-6H3,(H,21,24). The Morgan fingerprint density at radius 2 is 1.96 bits per heavy atom. The number of aryl methyl sites for hydroxylation is 4. The monoisotopic (exact) mass is 356 g/mol. The number of anilines is 1. The number of hydrogen-bond acceptors (Lipinski definition) is 4. The highest BCUT2D eigenvalue weighted by molar-refractivity contribution is 7.21. The lowest BCUT2D eigenvalue weighted by Gasteiger charge is -2.13. The van der Waals surface area contributed by atoms with Crippen LogP contribution in [-0.2, 0) is 4.79 Å². The zero-order chi connectivity index (χ0) is 18.3. The molecule has 0 saturated heterocycles. The average molecular weight is 356 g/mol. The zero-order valence-electron chi connectivity index (χ0n) is 15.6. The van der Waals surface area contributed by atoms with Gasteiger partial charge in [0, 0.05) is 17.8 Å². The number of nitrogens with one attached hydrogen (secondary N) is 1. The Hall–Kier alpha value is -2.21. The van der Waals surface area contributed by atoms with Gasteiger partial charge in [0.15, 0.2) is 0 Å². The quantitative estimate of drug-likeness (QED) is 0.737. The Morgan fingerprint density at radius 3 is 2.56 bits per heavy atom. The molecule has 0 atom stereocenters. The van der Waals surface area contributed by atoms with Gasteiger partial charge >= 0.3 is 0 Å². The minimum Gasteiger partial charge on any atom is -0.326 e. The lowest BCUT2D eigenvalue weighted by molar-refractivity contribution is -0.116. The number of rotatable bonds is 4. The first kappa shape index (κ1) is 17.6. The van der Waals surface area contributed by atoms with E-state index in [4.69, 9.17) is 4.98 Å². The van der Waals surface area contributed by atoms with Crippen LogP contribution in [0.5, 0.6) is 0 Å². The molecular formula is C19H24N4OS. The number of nitrogens with zero attached hydrogens (tertiary/aromatic N) is 3. The van der Waals surface area contributed by atoms with Crippen LogP contribution in [0.15, 0.2) is 12.1 Å². The number of carbonyl (C=O) groups is 1. The van der Waals surface area contributed by atoms with Gasteiger partial charge in [0.05, 0.1) is 15.9 Å². The van der Waals surface area contributed by atoms with Crippen molar-refractivity contribution in [3.63, 3.8) is 0 Å². The maximum atomic E-state index is 12.2. The molecule has 0 unspecified atom stereocenters. The number of aromatic nitrogens is 3. The van der Waals surface area contributed by atoms with Crippen molar-refractivity contribution in [2.75, 3.05) is 5.32 Å². The second kappa shape index (κ2) is 6.59. The van der Waals surface area contributed by atoms with Crippen molar-refractivity contribution in [3.8, 4) is 5.13 Å². The molecule has 25 heavy (non-hydrogen) atoms. The minimum absolute atomic E-state index is 0.0591. The summed E-state index contributed by atoms with van der Waals surface area (Å²) >= 11 is 1.61. The summed E-state index contributed by atoms with van der Waals surface area (Å²) in [5, 5.41) is 8.47. The molecule has 3 rings (SSSR count). The summed E-state index contributed by atoms with van der Waals surface area (Å²) in [6.07, 6.45) is 0.524. The SMILES string of the molecule is Cc1cc(C)n(-c2nc3cc(C)c(NC(=O)CC(C)C)c(C)c3s2)n1. The van der Waals surface area contributed by atoms with E-state index in [1.54, 1.807) is 11.3 Å². The molecule has 6 heteroatoms. The molecule has 0 bridgehead atoms. The maximum absolute atomic E-state index is 12.2. The third kappa shape index (κ3) is 3.44. The molecule has 3 aromatic rings. The van der Waals surface area contributed by atoms with Gasteiger partial charge in [-0.2, -0.15) is 5.10 Å². The van der Waals surface area contributed by atoms with Crippen LogP contribution in [0.2, 0.25) is 0 Å². The Morgan fingerprint density at radius 1 is 1.24 bits per heavy atom. The first-order chi connectivity index (χ1) is 11.8. The largest absolute Gasteiger partial charge is 0.326 e. The molecule has 0 fully saturated rings. The van der Waals surface area contributed by atoms with Crippen LogP contribution < -0.4 is 5.32 Å². The second-order valence-corrected chi connectivity index (χ2v) is 8.00. The Balaban J connectivity index is 2.04. The van der Waals surface area contributed by atoms with Gasteiger partial charge in [0.1, 0.15) is 0 Å². The van der Waals surface area contributed by atoms with Crippen molar-refractivity contribution in [1.82, 2.24) is 14.8 Å². The Labute approximate surface area is 152 Å². The van der Waals surface area contributed by atoms with E-state index in [1.165, 1.54) is 0 Å². The Bertz CT molecular complexity index is 952. The van der Waals surface area contributed by atoms with E-state index in [-0.39, 0.29) is 5.91 Å². The van der Waals surface area contributed by atoms with Gasteiger partial charge in [-0.3, -0.25) is 4.79 Å². The lowest BCUT2D eigenvalue weighted by Crippen LogP contribution is -2.15. The molecular weight excluding hydrogens is 332 g/mol. The van der Waals surface area contributed by atoms with Gasteiger partial charge in [0.2, 0.25) is 11.0 Å². The third-order valence-corrected chi connectivity index (χ3v) is 5.32. The van der Waals surface area contributed by atoms with Gasteiger partial charge in [-0.05, 0) is 56.9 Å². The number of carbonyl (C=O) groups excluding carboxylic acids is 1. The van der Waals surface area contributed by atoms with E-state index in [0.29, 0.717) is 12.3 Å². The maximum Gasteiger partial charge on any atom is 0.224 e. The lowest BCUT2D eigenvalue weighted by atomic mass is 10.1. The fourth-order valence-electron chi connectivity index (χ4n) is 3.04. The average Bonchev–Trinajstić information content (AvgIpc) is 3.05. The van der Waals surface area contributed by atoms with Crippen LogP contribution in [-0.4, -0.2) is 20.7 Å². The van der Waals surface area contributed by atoms with Gasteiger partial charge in [-0.1, -0.05) is 25.2 Å². The molecule has 1 N–H and O–H groups in total. The van der Waals surface area contributed by atoms with Gasteiger partial charge in [-0.15, -0.1) is 0 Å². The van der Waals surface area contributed by atoms with Crippen LogP contribution in [0.4, 0.5) is 5.69 Å². The van der Waals surface area contributed by atoms with Crippen molar-refractivity contribution in [3.05, 3.63) is 34.6 Å². The molecule has 2 heterocycles. The fraction of sp³-hybridized carbons (Fsp3) is 0.421. The first-order valence-corrected chi connectivity index (χ1v) is 9.32. The molecule has 1 aromatic carbocycles. The molecule has 0 aliphatic rings. The number of benzene rings is 1. The zero-order valence-corrected chi connectivity index (χ0v) is 16.4. The Kier molecular flexibility index (Phi) is 4.64. The van der Waals surface area contributed by atoms with Crippen LogP contribution >= 0.6 is 11.3 Å². The van der Waals surface area contributed by atoms with E-state index in [0.717, 1.165) is 43.6 Å². The highest BCUT2D eigenvalue weighted by Gasteiger charge is 2.16. The summed E-state index contributed by atoms with van der Waals surface area (Å²) in [5.41, 5.74) is 6.00. The predicted octanol–water partition coefficient (Wildman–Crippen LogP) is 4.70. The molecule has 0 aliphatic carbocycles. The van der Waals surface area contributed by atoms with Crippen LogP contribution in [0.25, 0.3) is 15.3 Å². The highest BCUT2D eigenvalue weighted by Crippen LogP contribution is 2.34. The molecule has 0 aliphatic heterocycles. The minimum atomic E-state index is 0.0591. The molecule has 132 valence electrons. The van der Waals surface area contributed by atoms with Crippen LogP contribution in [0.1, 0.15) is 42.8 Å². The summed E-state index contributed by atoms with van der Waals surface area (Å²) in [6, 6.07) is 4.08. The van der Waals surface area contributed by atoms with Crippen molar-refractivity contribution >= 4 is 33.1 Å². The smallest absolute Gasteiger partial charge is 0.224 e. The molecule has 5 nitrogen and oxygen atoms in total. The predicted molar refractivity (Wildman–Crippen MR) is 104 cm³/mol. The third-order valence-electron chi connectivity index (χ3n) is 4.15. The van der Waals surface area contributed by atoms with E-state index >= 15 is 0 Å². The van der Waals surface area contributed by atoms with Crippen LogP contribution in [0, 0.1) is 33.6 Å². The summed E-state index contributed by atoms with van der Waals surface area (Å²) in [7, 11) is 0.